The SMILES string of the molecule is C(=Nc1ccc(C2CCCCC2)cc1)c1ccc(N2CCCC2)cc1. The Balaban J connectivity index is 1.39. The minimum Gasteiger partial charge on any atom is -0.372 e. The third-order valence-corrected chi connectivity index (χ3v) is 5.70. The first-order valence-electron chi connectivity index (χ1n) is 9.87. The third-order valence-electron chi connectivity index (χ3n) is 5.70. The van der Waals surface area contributed by atoms with Gasteiger partial charge in [0.15, 0.2) is 0 Å². The number of anilines is 1. The lowest BCUT2D eigenvalue weighted by Crippen LogP contribution is -2.17. The lowest BCUT2D eigenvalue weighted by atomic mass is 9.84. The molecule has 0 amide bonds. The van der Waals surface area contributed by atoms with Gasteiger partial charge in [-0.2, -0.15) is 0 Å². The zero-order valence-corrected chi connectivity index (χ0v) is 15.0. The molecule has 25 heavy (non-hydrogen) atoms. The average molecular weight is 332 g/mol. The molecule has 2 nitrogen and oxygen atoms in total. The molecule has 130 valence electrons. The molecule has 0 radical (unpaired) electrons. The highest BCUT2D eigenvalue weighted by Crippen LogP contribution is 2.33. The van der Waals surface area contributed by atoms with Crippen molar-refractivity contribution in [3.8, 4) is 0 Å². The molecule has 1 aliphatic carbocycles. The number of hydrogen-bond acceptors (Lipinski definition) is 2. The van der Waals surface area contributed by atoms with E-state index in [4.69, 9.17) is 0 Å². The molecule has 1 saturated carbocycles. The van der Waals surface area contributed by atoms with Gasteiger partial charge in [0.25, 0.3) is 0 Å². The zero-order valence-electron chi connectivity index (χ0n) is 15.0. The Morgan fingerprint density at radius 1 is 0.760 bits per heavy atom. The molecule has 0 bridgehead atoms. The Labute approximate surface area is 151 Å². The molecule has 0 aromatic heterocycles. The van der Waals surface area contributed by atoms with E-state index < -0.39 is 0 Å². The molecule has 1 saturated heterocycles. The lowest BCUT2D eigenvalue weighted by molar-refractivity contribution is 0.443. The number of aliphatic imine (C=N–C) groups is 1. The molecule has 0 unspecified atom stereocenters. The van der Waals surface area contributed by atoms with Crippen molar-refractivity contribution in [1.29, 1.82) is 0 Å². The molecule has 1 aliphatic heterocycles. The molecule has 2 aromatic rings. The molecular formula is C23H28N2. The van der Waals surface area contributed by atoms with Crippen LogP contribution in [0.1, 0.15) is 62.0 Å². The minimum absolute atomic E-state index is 0.768. The Bertz CT molecular complexity index is 688. The van der Waals surface area contributed by atoms with Crippen LogP contribution in [-0.4, -0.2) is 19.3 Å². The van der Waals surface area contributed by atoms with Crippen LogP contribution in [0.15, 0.2) is 53.5 Å². The fourth-order valence-corrected chi connectivity index (χ4v) is 4.16. The van der Waals surface area contributed by atoms with Gasteiger partial charge in [-0.3, -0.25) is 4.99 Å². The monoisotopic (exact) mass is 332 g/mol. The first kappa shape index (κ1) is 16.4. The molecule has 0 atom stereocenters. The fourth-order valence-electron chi connectivity index (χ4n) is 4.16. The van der Waals surface area contributed by atoms with Gasteiger partial charge in [0.1, 0.15) is 0 Å². The molecule has 4 rings (SSSR count). The smallest absolute Gasteiger partial charge is 0.0630 e. The Morgan fingerprint density at radius 2 is 1.44 bits per heavy atom. The van der Waals surface area contributed by atoms with Crippen LogP contribution < -0.4 is 4.90 Å². The van der Waals surface area contributed by atoms with Crippen molar-refractivity contribution in [2.45, 2.75) is 50.9 Å². The summed E-state index contributed by atoms with van der Waals surface area (Å²) in [5.74, 6) is 0.768. The number of hydrogen-bond donors (Lipinski definition) is 0. The van der Waals surface area contributed by atoms with Crippen LogP contribution in [0.25, 0.3) is 0 Å². The van der Waals surface area contributed by atoms with E-state index in [0.717, 1.165) is 11.6 Å². The van der Waals surface area contributed by atoms with Gasteiger partial charge in [-0.15, -0.1) is 0 Å². The third kappa shape index (κ3) is 4.12. The van der Waals surface area contributed by atoms with Gasteiger partial charge in [0, 0.05) is 25.0 Å². The highest BCUT2D eigenvalue weighted by atomic mass is 15.1. The van der Waals surface area contributed by atoms with Gasteiger partial charge < -0.3 is 4.90 Å². The van der Waals surface area contributed by atoms with Crippen LogP contribution >= 0.6 is 0 Å². The Kier molecular flexibility index (Phi) is 5.15. The number of benzene rings is 2. The predicted octanol–water partition coefficient (Wildman–Crippen LogP) is 6.09. The average Bonchev–Trinajstić information content (AvgIpc) is 3.23. The van der Waals surface area contributed by atoms with Crippen molar-refractivity contribution < 1.29 is 0 Å². The predicted molar refractivity (Wildman–Crippen MR) is 107 cm³/mol. The summed E-state index contributed by atoms with van der Waals surface area (Å²) in [5, 5.41) is 0. The summed E-state index contributed by atoms with van der Waals surface area (Å²) < 4.78 is 0. The van der Waals surface area contributed by atoms with Crippen molar-refractivity contribution in [2.24, 2.45) is 4.99 Å². The van der Waals surface area contributed by atoms with E-state index in [-0.39, 0.29) is 0 Å². The summed E-state index contributed by atoms with van der Waals surface area (Å²) in [5.41, 5.74) is 5.04. The highest BCUT2D eigenvalue weighted by molar-refractivity contribution is 5.82. The second-order valence-corrected chi connectivity index (χ2v) is 7.47. The van der Waals surface area contributed by atoms with Crippen LogP contribution in [0.3, 0.4) is 0 Å². The molecule has 1 heterocycles. The van der Waals surface area contributed by atoms with E-state index in [2.05, 4.69) is 58.4 Å². The molecule has 2 aromatic carbocycles. The van der Waals surface area contributed by atoms with E-state index >= 15 is 0 Å². The maximum absolute atomic E-state index is 4.65. The van der Waals surface area contributed by atoms with E-state index in [9.17, 15) is 0 Å². The first-order chi connectivity index (χ1) is 12.4. The van der Waals surface area contributed by atoms with Gasteiger partial charge in [0.05, 0.1) is 5.69 Å². The highest BCUT2D eigenvalue weighted by Gasteiger charge is 2.15. The maximum Gasteiger partial charge on any atom is 0.0630 e. The van der Waals surface area contributed by atoms with E-state index in [1.54, 1.807) is 0 Å². The Morgan fingerprint density at radius 3 is 2.12 bits per heavy atom. The zero-order chi connectivity index (χ0) is 16.9. The quantitative estimate of drug-likeness (QED) is 0.619. The van der Waals surface area contributed by atoms with Gasteiger partial charge in [-0.1, -0.05) is 43.5 Å². The number of nitrogens with zero attached hydrogens (tertiary/aromatic N) is 2. The van der Waals surface area contributed by atoms with Crippen LogP contribution in [0, 0.1) is 0 Å². The van der Waals surface area contributed by atoms with Gasteiger partial charge in [-0.25, -0.2) is 0 Å². The summed E-state index contributed by atoms with van der Waals surface area (Å²) in [6.45, 7) is 2.39. The Hall–Kier alpha value is -2.09. The van der Waals surface area contributed by atoms with Crippen molar-refractivity contribution in [3.05, 3.63) is 59.7 Å². The van der Waals surface area contributed by atoms with Crippen LogP contribution in [0.4, 0.5) is 11.4 Å². The van der Waals surface area contributed by atoms with Crippen molar-refractivity contribution in [1.82, 2.24) is 0 Å². The van der Waals surface area contributed by atoms with Gasteiger partial charge in [0.2, 0.25) is 0 Å². The number of rotatable bonds is 4. The van der Waals surface area contributed by atoms with E-state index in [1.165, 1.54) is 74.8 Å². The largest absolute Gasteiger partial charge is 0.372 e. The second-order valence-electron chi connectivity index (χ2n) is 7.47. The summed E-state index contributed by atoms with van der Waals surface area (Å²) in [4.78, 5) is 7.11. The van der Waals surface area contributed by atoms with Crippen molar-refractivity contribution in [3.63, 3.8) is 0 Å². The molecule has 2 fully saturated rings. The normalized spacial score (nSPS) is 19.0. The summed E-state index contributed by atoms with van der Waals surface area (Å²) in [7, 11) is 0. The molecule has 0 N–H and O–H groups in total. The van der Waals surface area contributed by atoms with Crippen molar-refractivity contribution >= 4 is 17.6 Å². The molecule has 2 aliphatic rings. The van der Waals surface area contributed by atoms with Crippen LogP contribution in [-0.2, 0) is 0 Å². The lowest BCUT2D eigenvalue weighted by Gasteiger charge is -2.21. The van der Waals surface area contributed by atoms with Crippen molar-refractivity contribution in [2.75, 3.05) is 18.0 Å². The molecule has 2 heteroatoms. The molecule has 0 spiro atoms. The van der Waals surface area contributed by atoms with Gasteiger partial charge >= 0.3 is 0 Å². The minimum atomic E-state index is 0.768. The van der Waals surface area contributed by atoms with Gasteiger partial charge in [-0.05, 0) is 67.0 Å². The summed E-state index contributed by atoms with van der Waals surface area (Å²) >= 11 is 0. The summed E-state index contributed by atoms with van der Waals surface area (Å²) in [6, 6.07) is 17.7. The van der Waals surface area contributed by atoms with Crippen LogP contribution in [0.2, 0.25) is 0 Å². The summed E-state index contributed by atoms with van der Waals surface area (Å²) in [6.07, 6.45) is 11.5. The first-order valence-corrected chi connectivity index (χ1v) is 9.87. The fraction of sp³-hybridized carbons (Fsp3) is 0.435. The van der Waals surface area contributed by atoms with E-state index in [1.807, 2.05) is 6.21 Å². The standard InChI is InChI=1S/C23H28N2/c1-2-6-20(7-3-1)21-10-12-22(13-11-21)24-18-19-8-14-23(15-9-19)25-16-4-5-17-25/h8-15,18,20H,1-7,16-17H2. The van der Waals surface area contributed by atoms with Crippen LogP contribution in [0.5, 0.6) is 0 Å². The second kappa shape index (κ2) is 7.86. The topological polar surface area (TPSA) is 15.6 Å². The molecular weight excluding hydrogens is 304 g/mol. The van der Waals surface area contributed by atoms with E-state index in [0.29, 0.717) is 0 Å². The maximum atomic E-state index is 4.65.